The van der Waals surface area contributed by atoms with Crippen molar-refractivity contribution in [2.75, 3.05) is 44.2 Å². The zero-order valence-electron chi connectivity index (χ0n) is 22.0. The van der Waals surface area contributed by atoms with Crippen molar-refractivity contribution >= 4 is 38.9 Å². The molecule has 2 aliphatic heterocycles. The second kappa shape index (κ2) is 10.1. The highest BCUT2D eigenvalue weighted by molar-refractivity contribution is 7.92. The summed E-state index contributed by atoms with van der Waals surface area (Å²) < 4.78 is 68.9. The van der Waals surface area contributed by atoms with Crippen LogP contribution in [-0.4, -0.2) is 92.3 Å². The van der Waals surface area contributed by atoms with Gasteiger partial charge in [-0.15, -0.1) is 0 Å². The standard InChI is InChI=1S/C26H31ClF3N5O4S/c1-2-33-9-11-34(12-10-33)17-3-4-21(19(27)13-17)40(38,39)18-14-20(22(36)32-24(16-31)5-6-24)35(15-18)23(37)25(7-8-25)26(28,29)30/h3-4,13,18,20H,2,5-12,14-15H2,1H3,(H,32,36)/t18-,20+/m1/s1. The molecular formula is C26H31ClF3N5O4S. The Kier molecular flexibility index (Phi) is 7.28. The van der Waals surface area contributed by atoms with Crippen molar-refractivity contribution in [3.05, 3.63) is 23.2 Å². The predicted molar refractivity (Wildman–Crippen MR) is 140 cm³/mol. The van der Waals surface area contributed by atoms with Crippen LogP contribution in [0.4, 0.5) is 18.9 Å². The van der Waals surface area contributed by atoms with E-state index in [2.05, 4.69) is 22.0 Å². The van der Waals surface area contributed by atoms with Gasteiger partial charge >= 0.3 is 6.18 Å². The van der Waals surface area contributed by atoms with Crippen molar-refractivity contribution in [2.45, 2.75) is 66.9 Å². The van der Waals surface area contributed by atoms with E-state index in [-0.39, 0.29) is 9.92 Å². The summed E-state index contributed by atoms with van der Waals surface area (Å²) in [6.07, 6.45) is -5.31. The van der Waals surface area contributed by atoms with Crippen molar-refractivity contribution < 1.29 is 31.2 Å². The fraction of sp³-hybridized carbons (Fsp3) is 0.654. The molecule has 5 rings (SSSR count). The van der Waals surface area contributed by atoms with E-state index in [1.54, 1.807) is 12.1 Å². The van der Waals surface area contributed by atoms with Crippen molar-refractivity contribution in [1.82, 2.24) is 15.1 Å². The Morgan fingerprint density at radius 2 is 1.80 bits per heavy atom. The Hall–Kier alpha value is -2.56. The van der Waals surface area contributed by atoms with Gasteiger partial charge in [0.1, 0.15) is 17.0 Å². The van der Waals surface area contributed by atoms with E-state index in [1.807, 2.05) is 6.07 Å². The normalized spacial score (nSPS) is 25.8. The Morgan fingerprint density at radius 1 is 1.15 bits per heavy atom. The first-order valence-corrected chi connectivity index (χ1v) is 15.3. The number of halogens is 4. The molecule has 9 nitrogen and oxygen atoms in total. The van der Waals surface area contributed by atoms with Crippen molar-refractivity contribution in [2.24, 2.45) is 5.41 Å². The Bertz CT molecular complexity index is 1350. The molecule has 2 aliphatic carbocycles. The summed E-state index contributed by atoms with van der Waals surface area (Å²) in [5.74, 6) is -2.12. The number of carbonyl (C=O) groups is 2. The lowest BCUT2D eigenvalue weighted by Crippen LogP contribution is -2.53. The van der Waals surface area contributed by atoms with Gasteiger partial charge < -0.3 is 20.0 Å². The average Bonchev–Trinajstić information content (AvgIpc) is 3.84. The number of nitrogens with one attached hydrogen (secondary N) is 1. The highest BCUT2D eigenvalue weighted by atomic mass is 35.5. The second-order valence-corrected chi connectivity index (χ2v) is 13.8. The van der Waals surface area contributed by atoms with E-state index in [9.17, 15) is 36.4 Å². The number of piperazine rings is 1. The predicted octanol–water partition coefficient (Wildman–Crippen LogP) is 2.74. The maximum atomic E-state index is 13.8. The molecule has 2 saturated carbocycles. The number of nitriles is 1. The summed E-state index contributed by atoms with van der Waals surface area (Å²) in [6.45, 7) is 5.65. The van der Waals surface area contributed by atoms with Gasteiger partial charge in [-0.25, -0.2) is 8.42 Å². The minimum absolute atomic E-state index is 0.0310. The average molecular weight is 602 g/mol. The molecule has 1 aromatic carbocycles. The molecule has 2 atom stereocenters. The third kappa shape index (κ3) is 5.03. The minimum Gasteiger partial charge on any atom is -0.369 e. The number of alkyl halides is 3. The molecule has 1 aromatic rings. The number of carbonyl (C=O) groups excluding carboxylic acids is 2. The van der Waals surface area contributed by atoms with Gasteiger partial charge in [-0.3, -0.25) is 9.59 Å². The molecule has 4 fully saturated rings. The van der Waals surface area contributed by atoms with Gasteiger partial charge in [0, 0.05) is 38.4 Å². The van der Waals surface area contributed by atoms with E-state index < -0.39 is 75.9 Å². The highest BCUT2D eigenvalue weighted by Crippen LogP contribution is 2.59. The van der Waals surface area contributed by atoms with Crippen LogP contribution in [0.25, 0.3) is 0 Å². The summed E-state index contributed by atoms with van der Waals surface area (Å²) in [4.78, 5) is 31.3. The zero-order valence-corrected chi connectivity index (χ0v) is 23.6. The van der Waals surface area contributed by atoms with Gasteiger partial charge in [-0.1, -0.05) is 18.5 Å². The molecule has 2 heterocycles. The summed E-state index contributed by atoms with van der Waals surface area (Å²) >= 11 is 6.46. The van der Waals surface area contributed by atoms with E-state index in [4.69, 9.17) is 11.6 Å². The first-order chi connectivity index (χ1) is 18.8. The van der Waals surface area contributed by atoms with Crippen LogP contribution in [-0.2, 0) is 19.4 Å². The van der Waals surface area contributed by atoms with Crippen LogP contribution in [0.15, 0.2) is 23.1 Å². The van der Waals surface area contributed by atoms with Gasteiger partial charge in [-0.05, 0) is 56.8 Å². The lowest BCUT2D eigenvalue weighted by Gasteiger charge is -2.35. The Labute approximate surface area is 236 Å². The molecule has 0 spiro atoms. The van der Waals surface area contributed by atoms with Gasteiger partial charge in [0.25, 0.3) is 0 Å². The molecule has 0 radical (unpaired) electrons. The van der Waals surface area contributed by atoms with Crippen LogP contribution in [0.5, 0.6) is 0 Å². The number of likely N-dealkylation sites (tertiary alicyclic amines) is 1. The smallest absolute Gasteiger partial charge is 0.369 e. The molecule has 0 unspecified atom stereocenters. The van der Waals surface area contributed by atoms with Crippen LogP contribution in [0, 0.1) is 16.7 Å². The molecule has 0 aromatic heterocycles. The van der Waals surface area contributed by atoms with Crippen LogP contribution in [0.1, 0.15) is 39.0 Å². The lowest BCUT2D eigenvalue weighted by atomic mass is 10.0. The number of hydrogen-bond donors (Lipinski definition) is 1. The highest BCUT2D eigenvalue weighted by Gasteiger charge is 2.70. The number of benzene rings is 1. The van der Waals surface area contributed by atoms with Gasteiger partial charge in [0.05, 0.1) is 21.2 Å². The second-order valence-electron chi connectivity index (χ2n) is 11.2. The van der Waals surface area contributed by atoms with Gasteiger partial charge in [0.15, 0.2) is 9.84 Å². The Balaban J connectivity index is 1.40. The number of likely N-dealkylation sites (N-methyl/N-ethyl adjacent to an activating group) is 1. The van der Waals surface area contributed by atoms with Crippen molar-refractivity contribution in [3.63, 3.8) is 0 Å². The Morgan fingerprint density at radius 3 is 2.30 bits per heavy atom. The van der Waals surface area contributed by atoms with Crippen molar-refractivity contribution in [3.8, 4) is 6.07 Å². The minimum atomic E-state index is -4.83. The molecule has 1 N–H and O–H groups in total. The van der Waals surface area contributed by atoms with E-state index >= 15 is 0 Å². The van der Waals surface area contributed by atoms with E-state index in [0.717, 1.165) is 43.3 Å². The number of rotatable bonds is 7. The third-order valence-corrected chi connectivity index (χ3v) is 11.3. The molecule has 40 heavy (non-hydrogen) atoms. The molecule has 4 aliphatic rings. The number of sulfone groups is 1. The maximum absolute atomic E-state index is 13.8. The van der Waals surface area contributed by atoms with Crippen LogP contribution >= 0.6 is 11.6 Å². The topological polar surface area (TPSA) is 114 Å². The van der Waals surface area contributed by atoms with Crippen LogP contribution in [0.2, 0.25) is 5.02 Å². The van der Waals surface area contributed by atoms with Crippen LogP contribution < -0.4 is 10.2 Å². The monoisotopic (exact) mass is 601 g/mol. The molecule has 218 valence electrons. The van der Waals surface area contributed by atoms with Gasteiger partial charge in [0.2, 0.25) is 11.8 Å². The molecule has 2 amide bonds. The third-order valence-electron chi connectivity index (χ3n) is 8.70. The summed E-state index contributed by atoms with van der Waals surface area (Å²) in [5.41, 5.74) is -2.99. The van der Waals surface area contributed by atoms with Gasteiger partial charge in [-0.2, -0.15) is 18.4 Å². The van der Waals surface area contributed by atoms with Crippen molar-refractivity contribution in [1.29, 1.82) is 5.26 Å². The largest absolute Gasteiger partial charge is 0.403 e. The van der Waals surface area contributed by atoms with E-state index in [1.165, 1.54) is 6.07 Å². The molecule has 14 heteroatoms. The fourth-order valence-corrected chi connectivity index (χ4v) is 7.88. The molecule has 2 saturated heterocycles. The lowest BCUT2D eigenvalue weighted by molar-refractivity contribution is -0.199. The maximum Gasteiger partial charge on any atom is 0.403 e. The number of hydrogen-bond acceptors (Lipinski definition) is 7. The van der Waals surface area contributed by atoms with Crippen LogP contribution in [0.3, 0.4) is 0 Å². The van der Waals surface area contributed by atoms with E-state index in [0.29, 0.717) is 12.8 Å². The SMILES string of the molecule is CCN1CCN(c2ccc(S(=O)(=O)[C@@H]3C[C@@H](C(=O)NC4(C#N)CC4)N(C(=O)C4(C(F)(F)F)CC4)C3)c(Cl)c2)CC1. The quantitative estimate of drug-likeness (QED) is 0.511. The summed E-state index contributed by atoms with van der Waals surface area (Å²) in [5, 5.41) is 10.5. The number of amides is 2. The molecule has 0 bridgehead atoms. The number of anilines is 1. The summed E-state index contributed by atoms with van der Waals surface area (Å²) in [6, 6.07) is 5.11. The first kappa shape index (κ1) is 29.0. The number of nitrogens with zero attached hydrogens (tertiary/aromatic N) is 4. The molecular weight excluding hydrogens is 571 g/mol. The fourth-order valence-electron chi connectivity index (χ4n) is 5.64. The summed E-state index contributed by atoms with van der Waals surface area (Å²) in [7, 11) is -4.24. The first-order valence-electron chi connectivity index (χ1n) is 13.4. The zero-order chi connectivity index (χ0) is 29.1.